The first-order chi connectivity index (χ1) is 7.56. The molecule has 88 valence electrons. The Morgan fingerprint density at radius 1 is 1.44 bits per heavy atom. The summed E-state index contributed by atoms with van der Waals surface area (Å²) >= 11 is 1.67. The van der Waals surface area contributed by atoms with Crippen LogP contribution in [-0.2, 0) is 14.9 Å². The molecule has 3 nitrogen and oxygen atoms in total. The van der Waals surface area contributed by atoms with E-state index in [-0.39, 0.29) is 0 Å². The molecule has 0 aromatic carbocycles. The minimum absolute atomic E-state index is 0.542. The van der Waals surface area contributed by atoms with Gasteiger partial charge in [-0.05, 0) is 38.3 Å². The maximum absolute atomic E-state index is 11.6. The summed E-state index contributed by atoms with van der Waals surface area (Å²) in [6.07, 6.45) is 1.17. The third-order valence-corrected chi connectivity index (χ3v) is 4.28. The Morgan fingerprint density at radius 3 is 2.50 bits per heavy atom. The van der Waals surface area contributed by atoms with Gasteiger partial charge in [0.05, 0.1) is 5.41 Å². The van der Waals surface area contributed by atoms with E-state index in [2.05, 4.69) is 0 Å². The van der Waals surface area contributed by atoms with Gasteiger partial charge in [-0.25, -0.2) is 0 Å². The molecule has 16 heavy (non-hydrogen) atoms. The largest absolute Gasteiger partial charge is 0.481 e. The van der Waals surface area contributed by atoms with Crippen molar-refractivity contribution in [3.63, 3.8) is 0 Å². The Kier molecular flexibility index (Phi) is 3.04. The first kappa shape index (κ1) is 11.6. The van der Waals surface area contributed by atoms with Crippen molar-refractivity contribution in [3.8, 4) is 0 Å². The SMILES string of the molecule is Cc1cc(C2(C(=O)O)CCOCC2)c(C)s1. The van der Waals surface area contributed by atoms with E-state index in [4.69, 9.17) is 4.74 Å². The summed E-state index contributed by atoms with van der Waals surface area (Å²) in [6.45, 7) is 5.12. The molecule has 1 fully saturated rings. The van der Waals surface area contributed by atoms with Gasteiger partial charge in [0, 0.05) is 23.0 Å². The van der Waals surface area contributed by atoms with Gasteiger partial charge in [0.25, 0.3) is 0 Å². The Labute approximate surface area is 99.1 Å². The minimum Gasteiger partial charge on any atom is -0.481 e. The standard InChI is InChI=1S/C12H16O3S/c1-8-7-10(9(2)16-8)12(11(13)14)3-5-15-6-4-12/h7H,3-6H2,1-2H3,(H,13,14). The molecule has 1 N–H and O–H groups in total. The molecule has 0 radical (unpaired) electrons. The number of aliphatic carboxylic acids is 1. The second kappa shape index (κ2) is 4.18. The van der Waals surface area contributed by atoms with Gasteiger partial charge in [0.15, 0.2) is 0 Å². The molecule has 1 aromatic rings. The number of ether oxygens (including phenoxy) is 1. The van der Waals surface area contributed by atoms with Crippen LogP contribution < -0.4 is 0 Å². The van der Waals surface area contributed by atoms with Crippen LogP contribution in [0.1, 0.15) is 28.2 Å². The predicted molar refractivity (Wildman–Crippen MR) is 63.2 cm³/mol. The van der Waals surface area contributed by atoms with E-state index in [1.807, 2.05) is 19.9 Å². The Balaban J connectivity index is 2.46. The fourth-order valence-electron chi connectivity index (χ4n) is 2.42. The average Bonchev–Trinajstić information content (AvgIpc) is 2.59. The van der Waals surface area contributed by atoms with Crippen LogP contribution in [0, 0.1) is 13.8 Å². The van der Waals surface area contributed by atoms with Crippen LogP contribution in [0.25, 0.3) is 0 Å². The maximum Gasteiger partial charge on any atom is 0.314 e. The molecule has 0 amide bonds. The summed E-state index contributed by atoms with van der Waals surface area (Å²) in [6, 6.07) is 2.03. The maximum atomic E-state index is 11.6. The van der Waals surface area contributed by atoms with Crippen molar-refractivity contribution >= 4 is 17.3 Å². The van der Waals surface area contributed by atoms with Crippen LogP contribution >= 0.6 is 11.3 Å². The van der Waals surface area contributed by atoms with Crippen LogP contribution in [0.4, 0.5) is 0 Å². The highest BCUT2D eigenvalue weighted by Crippen LogP contribution is 2.39. The Hall–Kier alpha value is -0.870. The van der Waals surface area contributed by atoms with Crippen LogP contribution in [0.2, 0.25) is 0 Å². The van der Waals surface area contributed by atoms with E-state index in [0.29, 0.717) is 26.1 Å². The molecule has 2 heterocycles. The van der Waals surface area contributed by atoms with E-state index in [1.165, 1.54) is 4.88 Å². The van der Waals surface area contributed by atoms with Crippen molar-refractivity contribution in [2.45, 2.75) is 32.1 Å². The van der Waals surface area contributed by atoms with Gasteiger partial charge in [-0.2, -0.15) is 0 Å². The topological polar surface area (TPSA) is 46.5 Å². The number of hydrogen-bond acceptors (Lipinski definition) is 3. The van der Waals surface area contributed by atoms with Gasteiger partial charge in [-0.3, -0.25) is 4.79 Å². The Bertz CT molecular complexity index is 402. The van der Waals surface area contributed by atoms with Gasteiger partial charge in [0.1, 0.15) is 0 Å². The number of hydrogen-bond donors (Lipinski definition) is 1. The molecular weight excluding hydrogens is 224 g/mol. The van der Waals surface area contributed by atoms with Crippen molar-refractivity contribution in [2.24, 2.45) is 0 Å². The number of carboxylic acids is 1. The minimum atomic E-state index is -0.715. The predicted octanol–water partition coefficient (Wildman–Crippen LogP) is 2.50. The van der Waals surface area contributed by atoms with E-state index in [1.54, 1.807) is 11.3 Å². The molecule has 0 saturated carbocycles. The van der Waals surface area contributed by atoms with Crippen molar-refractivity contribution in [3.05, 3.63) is 21.4 Å². The second-order valence-corrected chi connectivity index (χ2v) is 5.79. The fourth-order valence-corrected chi connectivity index (χ4v) is 3.45. The molecule has 0 bridgehead atoms. The molecule has 1 aromatic heterocycles. The van der Waals surface area contributed by atoms with E-state index in [9.17, 15) is 9.90 Å². The summed E-state index contributed by atoms with van der Waals surface area (Å²) in [5.74, 6) is -0.711. The molecule has 4 heteroatoms. The molecule has 1 aliphatic heterocycles. The normalized spacial score (nSPS) is 19.6. The summed E-state index contributed by atoms with van der Waals surface area (Å²) < 4.78 is 5.28. The van der Waals surface area contributed by atoms with E-state index < -0.39 is 11.4 Å². The molecule has 2 rings (SSSR count). The molecule has 0 aliphatic carbocycles. The highest BCUT2D eigenvalue weighted by molar-refractivity contribution is 7.12. The number of carbonyl (C=O) groups is 1. The van der Waals surface area contributed by atoms with Crippen molar-refractivity contribution in [1.82, 2.24) is 0 Å². The molecule has 0 spiro atoms. The van der Waals surface area contributed by atoms with Crippen LogP contribution in [0.3, 0.4) is 0 Å². The smallest absolute Gasteiger partial charge is 0.314 e. The summed E-state index contributed by atoms with van der Waals surface area (Å²) in [5.41, 5.74) is 0.276. The number of rotatable bonds is 2. The van der Waals surface area contributed by atoms with E-state index in [0.717, 1.165) is 10.4 Å². The van der Waals surface area contributed by atoms with Crippen LogP contribution in [-0.4, -0.2) is 24.3 Å². The zero-order chi connectivity index (χ0) is 11.8. The number of aryl methyl sites for hydroxylation is 2. The summed E-state index contributed by atoms with van der Waals surface area (Å²) in [5, 5.41) is 9.52. The van der Waals surface area contributed by atoms with Crippen molar-refractivity contribution < 1.29 is 14.6 Å². The third kappa shape index (κ3) is 1.76. The van der Waals surface area contributed by atoms with Crippen LogP contribution in [0.5, 0.6) is 0 Å². The lowest BCUT2D eigenvalue weighted by Crippen LogP contribution is -2.41. The van der Waals surface area contributed by atoms with E-state index >= 15 is 0 Å². The first-order valence-corrected chi connectivity index (χ1v) is 6.26. The zero-order valence-corrected chi connectivity index (χ0v) is 10.4. The van der Waals surface area contributed by atoms with Gasteiger partial charge in [-0.1, -0.05) is 0 Å². The lowest BCUT2D eigenvalue weighted by molar-refractivity contribution is -0.147. The van der Waals surface area contributed by atoms with Gasteiger partial charge >= 0.3 is 5.97 Å². The highest BCUT2D eigenvalue weighted by Gasteiger charge is 2.43. The number of carboxylic acid groups (broad SMARTS) is 1. The lowest BCUT2D eigenvalue weighted by Gasteiger charge is -2.33. The highest BCUT2D eigenvalue weighted by atomic mass is 32.1. The first-order valence-electron chi connectivity index (χ1n) is 5.45. The molecule has 1 aliphatic rings. The molecular formula is C12H16O3S. The monoisotopic (exact) mass is 240 g/mol. The lowest BCUT2D eigenvalue weighted by atomic mass is 9.74. The summed E-state index contributed by atoms with van der Waals surface area (Å²) in [4.78, 5) is 13.9. The summed E-state index contributed by atoms with van der Waals surface area (Å²) in [7, 11) is 0. The average molecular weight is 240 g/mol. The van der Waals surface area contributed by atoms with Crippen molar-refractivity contribution in [1.29, 1.82) is 0 Å². The van der Waals surface area contributed by atoms with Gasteiger partial charge in [-0.15, -0.1) is 11.3 Å². The number of thiophene rings is 1. The second-order valence-electron chi connectivity index (χ2n) is 4.33. The molecule has 0 unspecified atom stereocenters. The van der Waals surface area contributed by atoms with Crippen LogP contribution in [0.15, 0.2) is 6.07 Å². The van der Waals surface area contributed by atoms with Gasteiger partial charge in [0.2, 0.25) is 0 Å². The quantitative estimate of drug-likeness (QED) is 0.864. The zero-order valence-electron chi connectivity index (χ0n) is 9.58. The van der Waals surface area contributed by atoms with Gasteiger partial charge < -0.3 is 9.84 Å². The molecule has 0 atom stereocenters. The van der Waals surface area contributed by atoms with Crippen molar-refractivity contribution in [2.75, 3.05) is 13.2 Å². The third-order valence-electron chi connectivity index (χ3n) is 3.31. The fraction of sp³-hybridized carbons (Fsp3) is 0.583. The Morgan fingerprint density at radius 2 is 2.06 bits per heavy atom. The molecule has 1 saturated heterocycles.